The average Bonchev–Trinajstić information content (AvgIpc) is 2.76. The molecular weight excluding hydrogens is 419 g/mol. The number of nitrogens with one attached hydrogen (secondary N) is 1. The Hall–Kier alpha value is -1.69. The number of hydrogen-bond donors (Lipinski definition) is 1. The molecule has 3 heterocycles. The minimum Gasteiger partial charge on any atom is -0.475 e. The van der Waals surface area contributed by atoms with Gasteiger partial charge in [-0.1, -0.05) is 29.3 Å². The van der Waals surface area contributed by atoms with E-state index in [1.54, 1.807) is 0 Å². The number of aryl methyl sites for hydroxylation is 1. The van der Waals surface area contributed by atoms with Crippen molar-refractivity contribution in [3.63, 3.8) is 0 Å². The fourth-order valence-corrected chi connectivity index (χ4v) is 4.61. The molecule has 4 rings (SSSR count). The highest BCUT2D eigenvalue weighted by Crippen LogP contribution is 2.33. The van der Waals surface area contributed by atoms with Crippen LogP contribution in [-0.2, 0) is 6.42 Å². The van der Waals surface area contributed by atoms with Crippen molar-refractivity contribution in [2.24, 2.45) is 0 Å². The minimum absolute atomic E-state index is 0.158. The van der Waals surface area contributed by atoms with Gasteiger partial charge in [0.15, 0.2) is 0 Å². The van der Waals surface area contributed by atoms with Gasteiger partial charge in [-0.05, 0) is 62.9 Å². The van der Waals surface area contributed by atoms with Gasteiger partial charge in [-0.3, -0.25) is 4.90 Å². The standard InChI is InChI=1S/C23H30Cl2N4O/c1-17(30-21-10-9-18-6-3-11-26-23(18)27-21)5-4-12-28-13-15-29(16-14-28)20-8-2-7-19(24)22(20)25/h2,7-10,17H,3-6,11-16H2,1H3,(H,26,27). The van der Waals surface area contributed by atoms with E-state index in [1.165, 1.54) is 12.0 Å². The molecule has 1 atom stereocenters. The Morgan fingerprint density at radius 2 is 1.97 bits per heavy atom. The maximum absolute atomic E-state index is 6.38. The molecule has 1 aromatic heterocycles. The molecule has 1 unspecified atom stereocenters. The van der Waals surface area contributed by atoms with Gasteiger partial charge in [-0.2, -0.15) is 4.98 Å². The zero-order valence-corrected chi connectivity index (χ0v) is 19.1. The van der Waals surface area contributed by atoms with E-state index in [0.29, 0.717) is 10.0 Å². The number of nitrogens with zero attached hydrogens (tertiary/aromatic N) is 3. The monoisotopic (exact) mass is 448 g/mol. The van der Waals surface area contributed by atoms with E-state index in [4.69, 9.17) is 27.9 Å². The molecule has 0 aliphatic carbocycles. The van der Waals surface area contributed by atoms with Gasteiger partial charge in [-0.15, -0.1) is 0 Å². The number of anilines is 2. The van der Waals surface area contributed by atoms with E-state index in [1.807, 2.05) is 24.3 Å². The molecule has 7 heteroatoms. The second-order valence-electron chi connectivity index (χ2n) is 8.16. The molecule has 0 saturated carbocycles. The number of piperazine rings is 1. The fraction of sp³-hybridized carbons (Fsp3) is 0.522. The van der Waals surface area contributed by atoms with Gasteiger partial charge in [0.1, 0.15) is 5.82 Å². The highest BCUT2D eigenvalue weighted by atomic mass is 35.5. The van der Waals surface area contributed by atoms with Crippen molar-refractivity contribution in [2.45, 2.75) is 38.7 Å². The molecule has 1 N–H and O–H groups in total. The van der Waals surface area contributed by atoms with Crippen molar-refractivity contribution >= 4 is 34.7 Å². The Kier molecular flexibility index (Phi) is 7.24. The lowest BCUT2D eigenvalue weighted by atomic mass is 10.1. The molecule has 0 amide bonds. The van der Waals surface area contributed by atoms with E-state index >= 15 is 0 Å². The van der Waals surface area contributed by atoms with Gasteiger partial charge in [0.25, 0.3) is 0 Å². The maximum Gasteiger partial charge on any atom is 0.215 e. The predicted octanol–water partition coefficient (Wildman–Crippen LogP) is 5.12. The number of pyridine rings is 1. The molecule has 2 aromatic rings. The van der Waals surface area contributed by atoms with E-state index < -0.39 is 0 Å². The van der Waals surface area contributed by atoms with Crippen molar-refractivity contribution in [1.82, 2.24) is 9.88 Å². The quantitative estimate of drug-likeness (QED) is 0.636. The summed E-state index contributed by atoms with van der Waals surface area (Å²) in [5, 5.41) is 4.64. The normalized spacial score (nSPS) is 17.9. The summed E-state index contributed by atoms with van der Waals surface area (Å²) in [4.78, 5) is 9.47. The average molecular weight is 449 g/mol. The number of ether oxygens (including phenoxy) is 1. The summed E-state index contributed by atoms with van der Waals surface area (Å²) >= 11 is 12.5. The first-order chi connectivity index (χ1) is 14.6. The summed E-state index contributed by atoms with van der Waals surface area (Å²) in [6.45, 7) is 8.23. The van der Waals surface area contributed by atoms with Gasteiger partial charge >= 0.3 is 0 Å². The smallest absolute Gasteiger partial charge is 0.215 e. The summed E-state index contributed by atoms with van der Waals surface area (Å²) in [6, 6.07) is 9.99. The van der Waals surface area contributed by atoms with E-state index in [9.17, 15) is 0 Å². The molecule has 0 radical (unpaired) electrons. The SMILES string of the molecule is CC(CCCN1CCN(c2cccc(Cl)c2Cl)CC1)Oc1ccc2c(n1)NCCC2. The Labute approximate surface area is 189 Å². The largest absolute Gasteiger partial charge is 0.475 e. The molecule has 1 fully saturated rings. The van der Waals surface area contributed by atoms with Crippen molar-refractivity contribution in [3.8, 4) is 5.88 Å². The molecule has 2 aliphatic heterocycles. The van der Waals surface area contributed by atoms with Crippen LogP contribution < -0.4 is 15.0 Å². The summed E-state index contributed by atoms with van der Waals surface area (Å²) < 4.78 is 6.06. The lowest BCUT2D eigenvalue weighted by Gasteiger charge is -2.36. The van der Waals surface area contributed by atoms with Crippen LogP contribution in [0.1, 0.15) is 31.7 Å². The second-order valence-corrected chi connectivity index (χ2v) is 8.95. The Morgan fingerprint density at radius 1 is 1.13 bits per heavy atom. The lowest BCUT2D eigenvalue weighted by Crippen LogP contribution is -2.46. The molecule has 1 saturated heterocycles. The van der Waals surface area contributed by atoms with Crippen LogP contribution in [0, 0.1) is 0 Å². The third kappa shape index (κ3) is 5.32. The summed E-state index contributed by atoms with van der Waals surface area (Å²) in [5.74, 6) is 1.71. The summed E-state index contributed by atoms with van der Waals surface area (Å²) in [7, 11) is 0. The number of halogens is 2. The maximum atomic E-state index is 6.38. The van der Waals surface area contributed by atoms with Crippen LogP contribution in [0.4, 0.5) is 11.5 Å². The van der Waals surface area contributed by atoms with Crippen molar-refractivity contribution in [3.05, 3.63) is 45.9 Å². The molecule has 5 nitrogen and oxygen atoms in total. The highest BCUT2D eigenvalue weighted by molar-refractivity contribution is 6.43. The Morgan fingerprint density at radius 3 is 2.80 bits per heavy atom. The summed E-state index contributed by atoms with van der Waals surface area (Å²) in [6.07, 6.45) is 4.56. The van der Waals surface area contributed by atoms with E-state index in [-0.39, 0.29) is 6.10 Å². The van der Waals surface area contributed by atoms with Crippen LogP contribution in [0.25, 0.3) is 0 Å². The molecule has 0 spiro atoms. The number of rotatable bonds is 7. The fourth-order valence-electron chi connectivity index (χ4n) is 4.19. The van der Waals surface area contributed by atoms with Crippen LogP contribution in [0.3, 0.4) is 0 Å². The molecular formula is C23H30Cl2N4O. The van der Waals surface area contributed by atoms with Gasteiger partial charge < -0.3 is 15.0 Å². The van der Waals surface area contributed by atoms with Crippen LogP contribution in [0.15, 0.2) is 30.3 Å². The van der Waals surface area contributed by atoms with Crippen molar-refractivity contribution in [2.75, 3.05) is 49.5 Å². The number of fused-ring (bicyclic) bond motifs is 1. The first-order valence-electron chi connectivity index (χ1n) is 10.9. The number of hydrogen-bond acceptors (Lipinski definition) is 5. The third-order valence-corrected chi connectivity index (χ3v) is 6.73. The van der Waals surface area contributed by atoms with Gasteiger partial charge in [-0.25, -0.2) is 0 Å². The molecule has 1 aromatic carbocycles. The first-order valence-corrected chi connectivity index (χ1v) is 11.7. The van der Waals surface area contributed by atoms with E-state index in [2.05, 4.69) is 33.1 Å². The number of benzene rings is 1. The van der Waals surface area contributed by atoms with Crippen LogP contribution in [0.2, 0.25) is 10.0 Å². The highest BCUT2D eigenvalue weighted by Gasteiger charge is 2.20. The molecule has 162 valence electrons. The Bertz CT molecular complexity index is 855. The van der Waals surface area contributed by atoms with Gasteiger partial charge in [0, 0.05) is 38.8 Å². The van der Waals surface area contributed by atoms with Crippen molar-refractivity contribution in [1.29, 1.82) is 0 Å². The van der Waals surface area contributed by atoms with Crippen LogP contribution in [-0.4, -0.2) is 55.3 Å². The minimum atomic E-state index is 0.158. The zero-order chi connectivity index (χ0) is 20.9. The van der Waals surface area contributed by atoms with Gasteiger partial charge in [0.2, 0.25) is 5.88 Å². The molecule has 0 bridgehead atoms. The topological polar surface area (TPSA) is 40.6 Å². The number of aromatic nitrogens is 1. The third-order valence-electron chi connectivity index (χ3n) is 5.92. The van der Waals surface area contributed by atoms with Crippen LogP contribution >= 0.6 is 23.2 Å². The lowest BCUT2D eigenvalue weighted by molar-refractivity contribution is 0.184. The second kappa shape index (κ2) is 10.1. The van der Waals surface area contributed by atoms with Crippen LogP contribution in [0.5, 0.6) is 5.88 Å². The predicted molar refractivity (Wildman–Crippen MR) is 125 cm³/mol. The first kappa shape index (κ1) is 21.5. The van der Waals surface area contributed by atoms with E-state index in [0.717, 1.165) is 75.9 Å². The molecule has 30 heavy (non-hydrogen) atoms. The zero-order valence-electron chi connectivity index (χ0n) is 17.5. The van der Waals surface area contributed by atoms with Gasteiger partial charge in [0.05, 0.1) is 21.8 Å². The van der Waals surface area contributed by atoms with Crippen molar-refractivity contribution < 1.29 is 4.74 Å². The molecule has 2 aliphatic rings. The Balaban J connectivity index is 1.18. The summed E-state index contributed by atoms with van der Waals surface area (Å²) in [5.41, 5.74) is 2.33.